The molecule has 0 saturated carbocycles. The lowest BCUT2D eigenvalue weighted by Gasteiger charge is -2.22. The maximum atomic E-state index is 12.6. The quantitative estimate of drug-likeness (QED) is 0.398. The van der Waals surface area contributed by atoms with Crippen LogP contribution < -0.4 is 0 Å². The van der Waals surface area contributed by atoms with Crippen LogP contribution in [0.15, 0.2) is 53.4 Å². The van der Waals surface area contributed by atoms with Gasteiger partial charge in [0.2, 0.25) is 10.0 Å². The molecule has 0 aliphatic carbocycles. The summed E-state index contributed by atoms with van der Waals surface area (Å²) in [6, 6.07) is 15.2. The second kappa shape index (κ2) is 10.9. The molecule has 0 amide bonds. The maximum absolute atomic E-state index is 12.6. The van der Waals surface area contributed by atoms with E-state index in [-0.39, 0.29) is 17.3 Å². The maximum Gasteiger partial charge on any atom is 0.306 e. The molecule has 0 saturated heterocycles. The number of methoxy groups -OCH3 is 1. The Labute approximate surface area is 195 Å². The number of carbonyl (C=O) groups excluding carboxylic acids is 1. The van der Waals surface area contributed by atoms with E-state index in [1.165, 1.54) is 25.5 Å². The van der Waals surface area contributed by atoms with Gasteiger partial charge in [0.25, 0.3) is 0 Å². The normalized spacial score (nSPS) is 12.1. The first-order valence-electron chi connectivity index (χ1n) is 11.0. The molecule has 3 rings (SSSR count). The van der Waals surface area contributed by atoms with Gasteiger partial charge in [0.15, 0.2) is 0 Å². The molecule has 3 aromatic rings. The molecule has 178 valence electrons. The Morgan fingerprint density at radius 1 is 1.09 bits per heavy atom. The van der Waals surface area contributed by atoms with E-state index in [9.17, 15) is 13.2 Å². The third-order valence-electron chi connectivity index (χ3n) is 5.50. The van der Waals surface area contributed by atoms with Gasteiger partial charge in [-0.1, -0.05) is 37.3 Å². The summed E-state index contributed by atoms with van der Waals surface area (Å²) in [6.45, 7) is 4.57. The van der Waals surface area contributed by atoms with Gasteiger partial charge >= 0.3 is 5.97 Å². The highest BCUT2D eigenvalue weighted by atomic mass is 32.2. The van der Waals surface area contributed by atoms with E-state index in [0.717, 1.165) is 29.9 Å². The molecule has 0 spiro atoms. The average Bonchev–Trinajstić information content (AvgIpc) is 3.14. The number of aromatic nitrogens is 2. The molecule has 0 radical (unpaired) electrons. The Morgan fingerprint density at radius 3 is 2.45 bits per heavy atom. The molecule has 1 aromatic heterocycles. The van der Waals surface area contributed by atoms with Crippen molar-refractivity contribution >= 4 is 27.0 Å². The van der Waals surface area contributed by atoms with E-state index in [4.69, 9.17) is 9.72 Å². The van der Waals surface area contributed by atoms with Crippen LogP contribution >= 0.6 is 0 Å². The first-order chi connectivity index (χ1) is 15.8. The molecule has 2 aromatic carbocycles. The van der Waals surface area contributed by atoms with Crippen LogP contribution in [0.3, 0.4) is 0 Å². The van der Waals surface area contributed by atoms with Crippen LogP contribution in [-0.2, 0) is 39.2 Å². The van der Waals surface area contributed by atoms with Crippen molar-refractivity contribution in [1.82, 2.24) is 18.8 Å². The molecule has 33 heavy (non-hydrogen) atoms. The van der Waals surface area contributed by atoms with Crippen molar-refractivity contribution in [1.29, 1.82) is 0 Å². The van der Waals surface area contributed by atoms with E-state index in [1.807, 2.05) is 24.3 Å². The molecule has 0 bridgehead atoms. The zero-order chi connectivity index (χ0) is 24.0. The van der Waals surface area contributed by atoms with Gasteiger partial charge in [-0.15, -0.1) is 0 Å². The van der Waals surface area contributed by atoms with Crippen LogP contribution in [-0.4, -0.2) is 60.9 Å². The summed E-state index contributed by atoms with van der Waals surface area (Å²) >= 11 is 0. The van der Waals surface area contributed by atoms with Crippen molar-refractivity contribution in [2.24, 2.45) is 0 Å². The van der Waals surface area contributed by atoms with Crippen molar-refractivity contribution in [3.05, 3.63) is 59.9 Å². The molecule has 9 heteroatoms. The Balaban J connectivity index is 1.96. The SMILES string of the molecule is CCCn1c(CN(CCC(=O)OC)Cc2ccccc2)nc2cc(S(=O)(=O)N(C)C)ccc21. The fraction of sp³-hybridized carbons (Fsp3) is 0.417. The van der Waals surface area contributed by atoms with E-state index in [0.29, 0.717) is 25.2 Å². The molecule has 0 aliphatic heterocycles. The van der Waals surface area contributed by atoms with Gasteiger partial charge in [-0.3, -0.25) is 9.69 Å². The summed E-state index contributed by atoms with van der Waals surface area (Å²) in [5, 5.41) is 0. The Kier molecular flexibility index (Phi) is 8.23. The molecule has 8 nitrogen and oxygen atoms in total. The van der Waals surface area contributed by atoms with Crippen LogP contribution in [0.2, 0.25) is 0 Å². The molecule has 1 heterocycles. The van der Waals surface area contributed by atoms with E-state index >= 15 is 0 Å². The molecule has 0 aliphatic rings. The molecule has 0 atom stereocenters. The van der Waals surface area contributed by atoms with Gasteiger partial charge in [-0.25, -0.2) is 17.7 Å². The lowest BCUT2D eigenvalue weighted by atomic mass is 10.2. The first-order valence-corrected chi connectivity index (χ1v) is 12.4. The fourth-order valence-corrected chi connectivity index (χ4v) is 4.65. The van der Waals surface area contributed by atoms with Crippen LogP contribution in [0.1, 0.15) is 31.2 Å². The third kappa shape index (κ3) is 5.98. The van der Waals surface area contributed by atoms with Crippen LogP contribution in [0.5, 0.6) is 0 Å². The van der Waals surface area contributed by atoms with Gasteiger partial charge in [0.1, 0.15) is 5.82 Å². The number of hydrogen-bond donors (Lipinski definition) is 0. The average molecular weight is 473 g/mol. The number of nitrogens with zero attached hydrogens (tertiary/aromatic N) is 4. The summed E-state index contributed by atoms with van der Waals surface area (Å²) in [7, 11) is 0.881. The fourth-order valence-electron chi connectivity index (χ4n) is 3.73. The minimum atomic E-state index is -3.55. The van der Waals surface area contributed by atoms with Crippen molar-refractivity contribution < 1.29 is 17.9 Å². The minimum Gasteiger partial charge on any atom is -0.469 e. The zero-order valence-electron chi connectivity index (χ0n) is 19.7. The van der Waals surface area contributed by atoms with Crippen molar-refractivity contribution in [2.75, 3.05) is 27.7 Å². The van der Waals surface area contributed by atoms with Crippen LogP contribution in [0.4, 0.5) is 0 Å². The number of fused-ring (bicyclic) bond motifs is 1. The zero-order valence-corrected chi connectivity index (χ0v) is 20.5. The van der Waals surface area contributed by atoms with Crippen molar-refractivity contribution in [3.8, 4) is 0 Å². The largest absolute Gasteiger partial charge is 0.469 e. The number of imidazole rings is 1. The van der Waals surface area contributed by atoms with E-state index in [2.05, 4.69) is 28.5 Å². The van der Waals surface area contributed by atoms with Gasteiger partial charge in [0, 0.05) is 33.7 Å². The smallest absolute Gasteiger partial charge is 0.306 e. The number of carbonyl (C=O) groups is 1. The topological polar surface area (TPSA) is 84.7 Å². The molecule has 0 N–H and O–H groups in total. The highest BCUT2D eigenvalue weighted by Crippen LogP contribution is 2.23. The van der Waals surface area contributed by atoms with Gasteiger partial charge in [-0.2, -0.15) is 0 Å². The molecular weight excluding hydrogens is 440 g/mol. The van der Waals surface area contributed by atoms with E-state index < -0.39 is 10.0 Å². The first kappa shape index (κ1) is 24.9. The summed E-state index contributed by atoms with van der Waals surface area (Å²) in [5.74, 6) is 0.584. The number of rotatable bonds is 11. The van der Waals surface area contributed by atoms with Gasteiger partial charge in [0.05, 0.1) is 36.0 Å². The van der Waals surface area contributed by atoms with Crippen molar-refractivity contribution in [3.63, 3.8) is 0 Å². The number of aryl methyl sites for hydroxylation is 1. The predicted octanol–water partition coefficient (Wildman–Crippen LogP) is 3.26. The summed E-state index contributed by atoms with van der Waals surface area (Å²) in [5.41, 5.74) is 2.69. The summed E-state index contributed by atoms with van der Waals surface area (Å²) in [6.07, 6.45) is 1.19. The minimum absolute atomic E-state index is 0.222. The van der Waals surface area contributed by atoms with Crippen molar-refractivity contribution in [2.45, 2.75) is 44.3 Å². The van der Waals surface area contributed by atoms with Gasteiger partial charge < -0.3 is 9.30 Å². The lowest BCUT2D eigenvalue weighted by molar-refractivity contribution is -0.141. The Morgan fingerprint density at radius 2 is 1.82 bits per heavy atom. The second-order valence-corrected chi connectivity index (χ2v) is 10.3. The monoisotopic (exact) mass is 472 g/mol. The Bertz CT molecular complexity index is 1190. The number of benzene rings is 2. The second-order valence-electron chi connectivity index (χ2n) is 8.14. The van der Waals surface area contributed by atoms with Crippen LogP contribution in [0, 0.1) is 0 Å². The number of sulfonamides is 1. The van der Waals surface area contributed by atoms with E-state index in [1.54, 1.807) is 12.1 Å². The number of esters is 1. The standard InChI is InChI=1S/C24H32N4O4S/c1-5-14-28-22-12-11-20(33(30,31)26(2)3)16-21(22)25-23(28)18-27(15-13-24(29)32-4)17-19-9-7-6-8-10-19/h6-12,16H,5,13-15,17-18H2,1-4H3. The number of ether oxygens (including phenoxy) is 1. The molecule has 0 unspecified atom stereocenters. The Hall–Kier alpha value is -2.75. The van der Waals surface area contributed by atoms with Gasteiger partial charge in [-0.05, 0) is 30.2 Å². The summed E-state index contributed by atoms with van der Waals surface area (Å²) in [4.78, 5) is 19.0. The lowest BCUT2D eigenvalue weighted by Crippen LogP contribution is -2.27. The van der Waals surface area contributed by atoms with Crippen LogP contribution in [0.25, 0.3) is 11.0 Å². The highest BCUT2D eigenvalue weighted by molar-refractivity contribution is 7.89. The number of hydrogen-bond acceptors (Lipinski definition) is 6. The predicted molar refractivity (Wildman–Crippen MR) is 128 cm³/mol. The highest BCUT2D eigenvalue weighted by Gasteiger charge is 2.21. The molecular formula is C24H32N4O4S. The molecule has 0 fully saturated rings. The third-order valence-corrected chi connectivity index (χ3v) is 7.31. The summed E-state index contributed by atoms with van der Waals surface area (Å²) < 4.78 is 33.3.